The van der Waals surface area contributed by atoms with Crippen molar-refractivity contribution < 1.29 is 63.1 Å². The molecular formula is C43H79O13P. The highest BCUT2D eigenvalue weighted by atomic mass is 31.2. The molecule has 0 bridgehead atoms. The fourth-order valence-corrected chi connectivity index (χ4v) is 7.65. The van der Waals surface area contributed by atoms with E-state index < -0.39 is 75.7 Å². The van der Waals surface area contributed by atoms with E-state index in [1.807, 2.05) is 18.2 Å². The number of hydrogen-bond acceptors (Lipinski definition) is 12. The van der Waals surface area contributed by atoms with Crippen LogP contribution in [-0.4, -0.2) is 98.3 Å². The number of rotatable bonds is 36. The molecule has 0 aliphatic heterocycles. The van der Waals surface area contributed by atoms with E-state index in [0.29, 0.717) is 12.8 Å². The molecule has 1 aliphatic rings. The molecule has 0 aromatic rings. The van der Waals surface area contributed by atoms with Crippen molar-refractivity contribution in [2.45, 2.75) is 224 Å². The van der Waals surface area contributed by atoms with Crippen molar-refractivity contribution in [1.29, 1.82) is 0 Å². The van der Waals surface area contributed by atoms with Crippen molar-refractivity contribution >= 4 is 19.8 Å². The number of hydrogen-bond donors (Lipinski definition) is 6. The van der Waals surface area contributed by atoms with Crippen LogP contribution < -0.4 is 0 Å². The minimum absolute atomic E-state index is 0.00873. The Kier molecular flexibility index (Phi) is 31.9. The predicted molar refractivity (Wildman–Crippen MR) is 221 cm³/mol. The summed E-state index contributed by atoms with van der Waals surface area (Å²) in [4.78, 5) is 35.5. The molecule has 14 heteroatoms. The molecule has 0 spiro atoms. The quantitative estimate of drug-likeness (QED) is 0.0153. The summed E-state index contributed by atoms with van der Waals surface area (Å²) in [6.45, 7) is 3.22. The number of esters is 2. The summed E-state index contributed by atoms with van der Waals surface area (Å²) in [5.41, 5.74) is 0. The molecule has 0 aromatic heterocycles. The van der Waals surface area contributed by atoms with Crippen LogP contribution in [0, 0.1) is 0 Å². The van der Waals surface area contributed by atoms with Crippen LogP contribution in [0.5, 0.6) is 0 Å². The standard InChI is InChI=1S/C43H79O13P/c1-3-5-7-9-11-13-15-17-18-20-22-24-26-28-30-32-37(45)55-35(34-54-57(51,52)56-43-41(49)39(47)38(46)40(48)42(43)50)33-53-36(44)31-29-27-25-23-21-19-16-14-12-10-8-6-4-2/h25-28,35,38-43,46-50H,3-24,29-34H2,1-2H3,(H,51,52)/b27-25-,28-26-/t35?,38?,39-,40+,41-,42-,43?/m1/s1. The zero-order valence-electron chi connectivity index (χ0n) is 35.1. The summed E-state index contributed by atoms with van der Waals surface area (Å²) in [5.74, 6) is -1.21. The monoisotopic (exact) mass is 835 g/mol. The molecule has 0 aromatic carbocycles. The second-order valence-corrected chi connectivity index (χ2v) is 16.9. The average molecular weight is 835 g/mol. The largest absolute Gasteiger partial charge is 0.472 e. The van der Waals surface area contributed by atoms with E-state index in [-0.39, 0.29) is 12.8 Å². The maximum atomic E-state index is 12.8. The normalized spacial score (nSPS) is 22.9. The molecule has 13 nitrogen and oxygen atoms in total. The highest BCUT2D eigenvalue weighted by Crippen LogP contribution is 2.47. The lowest BCUT2D eigenvalue weighted by atomic mass is 9.85. The lowest BCUT2D eigenvalue weighted by molar-refractivity contribution is -0.220. The topological polar surface area (TPSA) is 210 Å². The first-order valence-corrected chi connectivity index (χ1v) is 23.6. The fourth-order valence-electron chi connectivity index (χ4n) is 6.68. The number of aliphatic hydroxyl groups excluding tert-OH is 5. The van der Waals surface area contributed by atoms with E-state index in [9.17, 15) is 44.6 Å². The van der Waals surface area contributed by atoms with Gasteiger partial charge in [0.15, 0.2) is 6.10 Å². The summed E-state index contributed by atoms with van der Waals surface area (Å²) < 4.78 is 33.3. The Morgan fingerprint density at radius 2 is 0.895 bits per heavy atom. The molecule has 1 rings (SSSR count). The Balaban J connectivity index is 2.52. The van der Waals surface area contributed by atoms with Gasteiger partial charge < -0.3 is 39.9 Å². The summed E-state index contributed by atoms with van der Waals surface area (Å²) >= 11 is 0. The Morgan fingerprint density at radius 1 is 0.526 bits per heavy atom. The van der Waals surface area contributed by atoms with E-state index in [4.69, 9.17) is 18.5 Å². The van der Waals surface area contributed by atoms with Gasteiger partial charge in [-0.2, -0.15) is 0 Å². The van der Waals surface area contributed by atoms with Gasteiger partial charge in [0.05, 0.1) is 6.61 Å². The molecule has 0 heterocycles. The molecule has 0 radical (unpaired) electrons. The maximum absolute atomic E-state index is 12.8. The van der Waals surface area contributed by atoms with Crippen molar-refractivity contribution in [3.8, 4) is 0 Å². The summed E-state index contributed by atoms with van der Waals surface area (Å²) in [6.07, 6.45) is 22.7. The van der Waals surface area contributed by atoms with Crippen LogP contribution in [0.4, 0.5) is 0 Å². The van der Waals surface area contributed by atoms with Gasteiger partial charge in [-0.15, -0.1) is 0 Å². The molecule has 4 unspecified atom stereocenters. The minimum atomic E-state index is -5.13. The lowest BCUT2D eigenvalue weighted by Crippen LogP contribution is -2.64. The van der Waals surface area contributed by atoms with Crippen LogP contribution in [0.3, 0.4) is 0 Å². The van der Waals surface area contributed by atoms with E-state index in [1.165, 1.54) is 116 Å². The Bertz CT molecular complexity index is 1100. The van der Waals surface area contributed by atoms with E-state index in [0.717, 1.165) is 25.7 Å². The van der Waals surface area contributed by atoms with Gasteiger partial charge in [-0.1, -0.05) is 154 Å². The number of ether oxygens (including phenoxy) is 2. The maximum Gasteiger partial charge on any atom is 0.472 e. The van der Waals surface area contributed by atoms with Gasteiger partial charge in [-0.3, -0.25) is 18.6 Å². The van der Waals surface area contributed by atoms with Crippen LogP contribution in [0.2, 0.25) is 0 Å². The van der Waals surface area contributed by atoms with Gasteiger partial charge in [0.25, 0.3) is 0 Å². The molecule has 0 amide bonds. The van der Waals surface area contributed by atoms with E-state index in [2.05, 4.69) is 19.9 Å². The van der Waals surface area contributed by atoms with Crippen LogP contribution in [0.1, 0.15) is 181 Å². The smallest absolute Gasteiger partial charge is 0.462 e. The minimum Gasteiger partial charge on any atom is -0.462 e. The van der Waals surface area contributed by atoms with E-state index >= 15 is 0 Å². The predicted octanol–water partition coefficient (Wildman–Crippen LogP) is 8.06. The Morgan fingerprint density at radius 3 is 1.33 bits per heavy atom. The third-order valence-corrected chi connectivity index (χ3v) is 11.3. The molecule has 1 fully saturated rings. The molecule has 0 saturated heterocycles. The summed E-state index contributed by atoms with van der Waals surface area (Å²) in [6, 6.07) is 0. The highest BCUT2D eigenvalue weighted by Gasteiger charge is 2.51. The molecule has 8 atom stereocenters. The van der Waals surface area contributed by atoms with Crippen molar-refractivity contribution in [3.63, 3.8) is 0 Å². The first-order chi connectivity index (χ1) is 27.4. The molecule has 1 aliphatic carbocycles. The van der Waals surface area contributed by atoms with Gasteiger partial charge in [-0.05, 0) is 38.5 Å². The number of allylic oxidation sites excluding steroid dienone is 4. The van der Waals surface area contributed by atoms with Crippen molar-refractivity contribution in [2.24, 2.45) is 0 Å². The number of carbonyl (C=O) groups excluding carboxylic acids is 2. The van der Waals surface area contributed by atoms with Crippen molar-refractivity contribution in [2.75, 3.05) is 13.2 Å². The van der Waals surface area contributed by atoms with Gasteiger partial charge >= 0.3 is 19.8 Å². The van der Waals surface area contributed by atoms with Crippen LogP contribution in [-0.2, 0) is 32.7 Å². The van der Waals surface area contributed by atoms with Gasteiger partial charge in [0.1, 0.15) is 43.2 Å². The number of phosphoric acid groups is 1. The zero-order chi connectivity index (χ0) is 42.2. The third-order valence-electron chi connectivity index (χ3n) is 10.3. The lowest BCUT2D eigenvalue weighted by Gasteiger charge is -2.41. The molecular weight excluding hydrogens is 755 g/mol. The molecule has 1 saturated carbocycles. The first kappa shape index (κ1) is 53.3. The number of carbonyl (C=O) groups is 2. The molecule has 334 valence electrons. The fraction of sp³-hybridized carbons (Fsp3) is 0.860. The van der Waals surface area contributed by atoms with Crippen LogP contribution >= 0.6 is 7.82 Å². The highest BCUT2D eigenvalue weighted by molar-refractivity contribution is 7.47. The van der Waals surface area contributed by atoms with Crippen molar-refractivity contribution in [1.82, 2.24) is 0 Å². The second-order valence-electron chi connectivity index (χ2n) is 15.5. The van der Waals surface area contributed by atoms with Gasteiger partial charge in [0.2, 0.25) is 0 Å². The average Bonchev–Trinajstić information content (AvgIpc) is 3.19. The second kappa shape index (κ2) is 34.1. The van der Waals surface area contributed by atoms with E-state index in [1.54, 1.807) is 0 Å². The number of unbranched alkanes of at least 4 members (excludes halogenated alkanes) is 20. The molecule has 57 heavy (non-hydrogen) atoms. The Labute approximate surface area is 343 Å². The molecule has 6 N–H and O–H groups in total. The zero-order valence-corrected chi connectivity index (χ0v) is 36.0. The third kappa shape index (κ3) is 26.9. The Hall–Kier alpha value is -1.67. The summed E-state index contributed by atoms with van der Waals surface area (Å²) in [5, 5.41) is 50.0. The number of aliphatic hydroxyl groups is 5. The van der Waals surface area contributed by atoms with Crippen LogP contribution in [0.15, 0.2) is 24.3 Å². The summed E-state index contributed by atoms with van der Waals surface area (Å²) in [7, 11) is -5.13. The number of phosphoric ester groups is 1. The van der Waals surface area contributed by atoms with Gasteiger partial charge in [-0.25, -0.2) is 4.57 Å². The first-order valence-electron chi connectivity index (χ1n) is 22.1. The SMILES string of the molecule is CCCCCCCCCCC/C=C\CCC(=O)OCC(COP(=O)(O)OC1[C@H](O)[C@H](O)C(O)[C@H](O)[C@H]1O)OC(=O)CC/C=C\CCCCCCCCCCCCC. The van der Waals surface area contributed by atoms with Gasteiger partial charge in [0, 0.05) is 12.8 Å². The van der Waals surface area contributed by atoms with Crippen LogP contribution in [0.25, 0.3) is 0 Å². The van der Waals surface area contributed by atoms with Crippen molar-refractivity contribution in [3.05, 3.63) is 24.3 Å².